The molecule has 2 aliphatic rings. The van der Waals surface area contributed by atoms with E-state index in [1.54, 1.807) is 11.8 Å². The van der Waals surface area contributed by atoms with Crippen LogP contribution in [0.3, 0.4) is 0 Å². The lowest BCUT2D eigenvalue weighted by Crippen LogP contribution is -2.66. The van der Waals surface area contributed by atoms with E-state index in [-0.39, 0.29) is 17.1 Å². The minimum Gasteiger partial charge on any atom is -0.438 e. The van der Waals surface area contributed by atoms with Crippen LogP contribution in [-0.4, -0.2) is 44.5 Å². The molecule has 0 bridgehead atoms. The monoisotopic (exact) mass is 420 g/mol. The van der Waals surface area contributed by atoms with Crippen LogP contribution in [0.25, 0.3) is 0 Å². The van der Waals surface area contributed by atoms with Crippen LogP contribution in [0.1, 0.15) is 101 Å². The first kappa shape index (κ1) is 24.9. The molecule has 2 rings (SSSR count). The average Bonchev–Trinajstić information content (AvgIpc) is 2.68. The van der Waals surface area contributed by atoms with Gasteiger partial charge < -0.3 is 15.2 Å². The number of cyclic esters (lactones) is 1. The van der Waals surface area contributed by atoms with Crippen molar-refractivity contribution in [3.8, 4) is 0 Å². The zero-order valence-corrected chi connectivity index (χ0v) is 20.7. The predicted octanol–water partition coefficient (Wildman–Crippen LogP) is 5.69. The fraction of sp³-hybridized carbons (Fsp3) is 0.800. The number of hydrogen-bond donors (Lipinski definition) is 2. The van der Waals surface area contributed by atoms with E-state index in [1.807, 2.05) is 6.92 Å². The lowest BCUT2D eigenvalue weighted by atomic mass is 9.77. The number of nitrogens with zero attached hydrogens (tertiary/aromatic N) is 1. The standard InChI is InChI=1S/C25H44N2O3/c1-18(2)12-10-13-19(3)14-11-15-24(8)25(9,29)27(21(28)30-24)20-16-22(4,5)26-23(6,7)17-20/h12,14,20,26,29H,10-11,13,15-17H2,1-9H3. The highest BCUT2D eigenvalue weighted by molar-refractivity contribution is 5.72. The number of ether oxygens (including phenoxy) is 1. The first-order valence-electron chi connectivity index (χ1n) is 11.4. The van der Waals surface area contributed by atoms with Gasteiger partial charge in [0.05, 0.1) is 0 Å². The first-order chi connectivity index (χ1) is 13.6. The molecule has 0 aliphatic carbocycles. The van der Waals surface area contributed by atoms with Gasteiger partial charge in [-0.25, -0.2) is 4.79 Å². The molecule has 1 amide bonds. The van der Waals surface area contributed by atoms with Crippen molar-refractivity contribution in [2.24, 2.45) is 0 Å². The van der Waals surface area contributed by atoms with E-state index in [1.165, 1.54) is 11.1 Å². The minimum absolute atomic E-state index is 0.0677. The van der Waals surface area contributed by atoms with Crippen LogP contribution in [0.5, 0.6) is 0 Å². The summed E-state index contributed by atoms with van der Waals surface area (Å²) in [5, 5.41) is 15.2. The van der Waals surface area contributed by atoms with Gasteiger partial charge in [-0.2, -0.15) is 0 Å². The van der Waals surface area contributed by atoms with Crippen molar-refractivity contribution in [2.75, 3.05) is 0 Å². The van der Waals surface area contributed by atoms with Crippen LogP contribution in [-0.2, 0) is 4.74 Å². The van der Waals surface area contributed by atoms with Gasteiger partial charge in [-0.15, -0.1) is 0 Å². The molecule has 2 saturated heterocycles. The number of allylic oxidation sites excluding steroid dienone is 4. The highest BCUT2D eigenvalue weighted by Crippen LogP contribution is 2.45. The molecule has 0 aromatic carbocycles. The second kappa shape index (κ2) is 8.66. The number of piperidine rings is 1. The molecule has 2 unspecified atom stereocenters. The maximum Gasteiger partial charge on any atom is 0.413 e. The van der Waals surface area contributed by atoms with Gasteiger partial charge in [-0.05, 0) is 101 Å². The fourth-order valence-corrected chi connectivity index (χ4v) is 5.30. The van der Waals surface area contributed by atoms with Gasteiger partial charge in [0.25, 0.3) is 0 Å². The van der Waals surface area contributed by atoms with Crippen molar-refractivity contribution >= 4 is 6.09 Å². The van der Waals surface area contributed by atoms with Crippen molar-refractivity contribution in [1.82, 2.24) is 10.2 Å². The molecule has 2 heterocycles. The van der Waals surface area contributed by atoms with Crippen molar-refractivity contribution in [3.05, 3.63) is 23.3 Å². The predicted molar refractivity (Wildman–Crippen MR) is 123 cm³/mol. The number of amides is 1. The summed E-state index contributed by atoms with van der Waals surface area (Å²) < 4.78 is 5.84. The molecule has 5 nitrogen and oxygen atoms in total. The zero-order valence-electron chi connectivity index (χ0n) is 20.7. The molecule has 2 fully saturated rings. The third-order valence-electron chi connectivity index (χ3n) is 6.72. The van der Waals surface area contributed by atoms with E-state index in [9.17, 15) is 9.90 Å². The summed E-state index contributed by atoms with van der Waals surface area (Å²) >= 11 is 0. The second-order valence-electron chi connectivity index (χ2n) is 11.4. The third-order valence-corrected chi connectivity index (χ3v) is 6.72. The van der Waals surface area contributed by atoms with E-state index in [2.05, 4.69) is 65.9 Å². The topological polar surface area (TPSA) is 61.8 Å². The summed E-state index contributed by atoms with van der Waals surface area (Å²) in [6.07, 6.45) is 9.08. The number of rotatable bonds is 7. The molecule has 2 atom stereocenters. The number of nitrogens with one attached hydrogen (secondary N) is 1. The molecule has 0 spiro atoms. The Labute approximate surface area is 183 Å². The zero-order chi connectivity index (χ0) is 23.0. The summed E-state index contributed by atoms with van der Waals surface area (Å²) in [5.74, 6) is 0. The van der Waals surface area contributed by atoms with Crippen molar-refractivity contribution in [3.63, 3.8) is 0 Å². The van der Waals surface area contributed by atoms with Crippen molar-refractivity contribution in [2.45, 2.75) is 129 Å². The Morgan fingerprint density at radius 3 is 2.17 bits per heavy atom. The van der Waals surface area contributed by atoms with E-state index in [0.29, 0.717) is 6.42 Å². The molecular weight excluding hydrogens is 376 g/mol. The number of carbonyl (C=O) groups excluding carboxylic acids is 1. The lowest BCUT2D eigenvalue weighted by Gasteiger charge is -2.51. The molecule has 0 aromatic heterocycles. The number of aliphatic hydroxyl groups is 1. The van der Waals surface area contributed by atoms with Gasteiger partial charge in [-0.1, -0.05) is 23.3 Å². The van der Waals surface area contributed by atoms with Crippen LogP contribution in [0, 0.1) is 0 Å². The lowest BCUT2D eigenvalue weighted by molar-refractivity contribution is -0.154. The molecule has 5 heteroatoms. The molecule has 0 saturated carbocycles. The highest BCUT2D eigenvalue weighted by atomic mass is 16.6. The van der Waals surface area contributed by atoms with Gasteiger partial charge in [0.15, 0.2) is 11.3 Å². The summed E-state index contributed by atoms with van der Waals surface area (Å²) in [4.78, 5) is 14.5. The Balaban J connectivity index is 2.10. The summed E-state index contributed by atoms with van der Waals surface area (Å²) in [5.41, 5.74) is 0.161. The normalized spacial score (nSPS) is 31.6. The Morgan fingerprint density at radius 2 is 1.63 bits per heavy atom. The van der Waals surface area contributed by atoms with Crippen molar-refractivity contribution < 1.29 is 14.6 Å². The fourth-order valence-electron chi connectivity index (χ4n) is 5.30. The van der Waals surface area contributed by atoms with Crippen molar-refractivity contribution in [1.29, 1.82) is 0 Å². The summed E-state index contributed by atoms with van der Waals surface area (Å²) in [6, 6.07) is -0.0677. The van der Waals surface area contributed by atoms with Crippen LogP contribution in [0.2, 0.25) is 0 Å². The summed E-state index contributed by atoms with van der Waals surface area (Å²) in [7, 11) is 0. The van der Waals surface area contributed by atoms with E-state index in [0.717, 1.165) is 32.1 Å². The Hall–Kier alpha value is -1.33. The average molecular weight is 421 g/mol. The smallest absolute Gasteiger partial charge is 0.413 e. The summed E-state index contributed by atoms with van der Waals surface area (Å²) in [6.45, 7) is 18.6. The van der Waals surface area contributed by atoms with E-state index in [4.69, 9.17) is 4.74 Å². The van der Waals surface area contributed by atoms with Crippen LogP contribution < -0.4 is 5.32 Å². The third kappa shape index (κ3) is 5.67. The van der Waals surface area contributed by atoms with Crippen LogP contribution in [0.4, 0.5) is 4.79 Å². The molecular formula is C25H44N2O3. The van der Waals surface area contributed by atoms with Gasteiger partial charge >= 0.3 is 6.09 Å². The highest BCUT2D eigenvalue weighted by Gasteiger charge is 2.61. The maximum absolute atomic E-state index is 12.9. The Bertz CT molecular complexity index is 685. The van der Waals surface area contributed by atoms with Crippen LogP contribution in [0.15, 0.2) is 23.3 Å². The Morgan fingerprint density at radius 1 is 1.07 bits per heavy atom. The van der Waals surface area contributed by atoms with Crippen LogP contribution >= 0.6 is 0 Å². The quantitative estimate of drug-likeness (QED) is 0.520. The molecule has 2 aliphatic heterocycles. The van der Waals surface area contributed by atoms with Gasteiger partial charge in [0.2, 0.25) is 0 Å². The number of hydrogen-bond acceptors (Lipinski definition) is 4. The van der Waals surface area contributed by atoms with Gasteiger partial charge in [0.1, 0.15) is 0 Å². The molecule has 0 radical (unpaired) electrons. The largest absolute Gasteiger partial charge is 0.438 e. The maximum atomic E-state index is 12.9. The second-order valence-corrected chi connectivity index (χ2v) is 11.4. The van der Waals surface area contributed by atoms with Gasteiger partial charge in [-0.3, -0.25) is 4.90 Å². The van der Waals surface area contributed by atoms with Gasteiger partial charge in [0, 0.05) is 17.1 Å². The SMILES string of the molecule is CC(C)=CCCC(C)=CCCC1(C)OC(=O)N(C2CC(C)(C)NC(C)(C)C2)C1(C)O. The molecule has 2 N–H and O–H groups in total. The molecule has 0 aromatic rings. The Kier molecular flexibility index (Phi) is 7.20. The van der Waals surface area contributed by atoms with E-state index >= 15 is 0 Å². The first-order valence-corrected chi connectivity index (χ1v) is 11.4. The minimum atomic E-state index is -1.35. The number of carbonyl (C=O) groups is 1. The molecule has 172 valence electrons. The molecule has 30 heavy (non-hydrogen) atoms. The van der Waals surface area contributed by atoms with E-state index < -0.39 is 17.4 Å².